The third kappa shape index (κ3) is 6.87. The van der Waals surface area contributed by atoms with Crippen molar-refractivity contribution in [3.8, 4) is 5.75 Å². The maximum atomic E-state index is 12.5. The van der Waals surface area contributed by atoms with Gasteiger partial charge >= 0.3 is 0 Å². The predicted molar refractivity (Wildman–Crippen MR) is 119 cm³/mol. The summed E-state index contributed by atoms with van der Waals surface area (Å²) in [6.45, 7) is 2.67. The second-order valence-electron chi connectivity index (χ2n) is 6.41. The fraction of sp³-hybridized carbons (Fsp3) is 0.350. The first-order valence-corrected chi connectivity index (χ1v) is 10.8. The summed E-state index contributed by atoms with van der Waals surface area (Å²) in [6, 6.07) is 7.02. The fourth-order valence-corrected chi connectivity index (χ4v) is 3.68. The number of hydrogen-bond acceptors (Lipinski definition) is 4. The molecule has 0 aliphatic heterocycles. The Morgan fingerprint density at radius 2 is 1.79 bits per heavy atom. The number of non-ortho nitro benzene ring substituents is 1. The van der Waals surface area contributed by atoms with Gasteiger partial charge in [0.15, 0.2) is 5.75 Å². The van der Waals surface area contributed by atoms with Gasteiger partial charge in [-0.05, 0) is 40.5 Å². The molecule has 0 saturated heterocycles. The maximum absolute atomic E-state index is 12.5. The molecule has 0 aliphatic rings. The van der Waals surface area contributed by atoms with Crippen LogP contribution in [0, 0.1) is 10.1 Å². The lowest BCUT2D eigenvalue weighted by Crippen LogP contribution is -2.12. The van der Waals surface area contributed by atoms with Crippen LogP contribution in [0.15, 0.2) is 34.8 Å². The van der Waals surface area contributed by atoms with Gasteiger partial charge in [0, 0.05) is 22.2 Å². The number of hydrogen-bond donors (Lipinski definition) is 1. The van der Waals surface area contributed by atoms with Gasteiger partial charge in [0.2, 0.25) is 0 Å². The van der Waals surface area contributed by atoms with Crippen LogP contribution in [-0.2, 0) is 0 Å². The van der Waals surface area contributed by atoms with Gasteiger partial charge in [-0.25, -0.2) is 0 Å². The minimum Gasteiger partial charge on any atom is -0.490 e. The summed E-state index contributed by atoms with van der Waals surface area (Å²) in [5.74, 6) is -0.0913. The summed E-state index contributed by atoms with van der Waals surface area (Å²) in [5, 5.41) is 14.0. The Bertz CT molecular complexity index is 870. The standard InChI is InChI=1S/C20H21BrCl2N2O4/c1-2-3-4-5-6-9-29-19-16(22)10-13(11-17(19)23)20(26)24-18-8-7-14(25(27)28)12-15(18)21/h7-8,10-12H,2-6,9H2,1H3,(H,24,26). The third-order valence-electron chi connectivity index (χ3n) is 4.17. The zero-order chi connectivity index (χ0) is 21.4. The summed E-state index contributed by atoms with van der Waals surface area (Å²) in [4.78, 5) is 22.8. The van der Waals surface area contributed by atoms with E-state index in [1.165, 1.54) is 49.6 Å². The number of anilines is 1. The summed E-state index contributed by atoms with van der Waals surface area (Å²) in [7, 11) is 0. The van der Waals surface area contributed by atoms with Crippen LogP contribution in [0.25, 0.3) is 0 Å². The van der Waals surface area contributed by atoms with Crippen LogP contribution in [0.3, 0.4) is 0 Å². The zero-order valence-electron chi connectivity index (χ0n) is 15.8. The van der Waals surface area contributed by atoms with Gasteiger partial charge in [0.05, 0.1) is 27.3 Å². The molecule has 0 aliphatic carbocycles. The van der Waals surface area contributed by atoms with Gasteiger partial charge in [-0.15, -0.1) is 0 Å². The van der Waals surface area contributed by atoms with E-state index >= 15 is 0 Å². The molecule has 6 nitrogen and oxygen atoms in total. The van der Waals surface area contributed by atoms with E-state index in [-0.39, 0.29) is 21.3 Å². The lowest BCUT2D eigenvalue weighted by molar-refractivity contribution is -0.384. The number of rotatable bonds is 10. The van der Waals surface area contributed by atoms with Gasteiger partial charge in [0.1, 0.15) is 0 Å². The largest absolute Gasteiger partial charge is 0.490 e. The molecule has 0 fully saturated rings. The average Bonchev–Trinajstić information content (AvgIpc) is 2.67. The van der Waals surface area contributed by atoms with E-state index in [9.17, 15) is 14.9 Å². The molecule has 0 spiro atoms. The molecule has 2 aromatic rings. The molecular formula is C20H21BrCl2N2O4. The minimum absolute atomic E-state index is 0.0860. The number of amides is 1. The summed E-state index contributed by atoms with van der Waals surface area (Å²) >= 11 is 15.7. The summed E-state index contributed by atoms with van der Waals surface area (Å²) < 4.78 is 6.08. The normalized spacial score (nSPS) is 10.6. The molecular weight excluding hydrogens is 483 g/mol. The number of carbonyl (C=O) groups is 1. The van der Waals surface area contributed by atoms with E-state index in [0.717, 1.165) is 12.8 Å². The molecule has 0 aromatic heterocycles. The van der Waals surface area contributed by atoms with Crippen molar-refractivity contribution in [3.05, 3.63) is 60.5 Å². The molecule has 0 radical (unpaired) electrons. The Labute approximate surface area is 187 Å². The fourth-order valence-electron chi connectivity index (χ4n) is 2.62. The van der Waals surface area contributed by atoms with Crippen molar-refractivity contribution >= 4 is 56.4 Å². The van der Waals surface area contributed by atoms with Crippen LogP contribution in [0.5, 0.6) is 5.75 Å². The Morgan fingerprint density at radius 3 is 2.38 bits per heavy atom. The molecule has 0 unspecified atom stereocenters. The van der Waals surface area contributed by atoms with E-state index in [4.69, 9.17) is 27.9 Å². The number of nitro benzene ring substituents is 1. The van der Waals surface area contributed by atoms with Crippen LogP contribution in [0.1, 0.15) is 49.4 Å². The van der Waals surface area contributed by atoms with Crippen molar-refractivity contribution in [1.82, 2.24) is 0 Å². The molecule has 0 saturated carbocycles. The quantitative estimate of drug-likeness (QED) is 0.210. The lowest BCUT2D eigenvalue weighted by Gasteiger charge is -2.12. The van der Waals surface area contributed by atoms with Gasteiger partial charge < -0.3 is 10.1 Å². The second-order valence-corrected chi connectivity index (χ2v) is 8.08. The van der Waals surface area contributed by atoms with E-state index in [1.54, 1.807) is 0 Å². The molecule has 9 heteroatoms. The average molecular weight is 504 g/mol. The van der Waals surface area contributed by atoms with E-state index in [1.807, 2.05) is 0 Å². The number of benzene rings is 2. The molecule has 29 heavy (non-hydrogen) atoms. The highest BCUT2D eigenvalue weighted by Crippen LogP contribution is 2.35. The smallest absolute Gasteiger partial charge is 0.270 e. The number of unbranched alkanes of at least 4 members (excludes halogenated alkanes) is 4. The second kappa shape index (κ2) is 11.4. The Kier molecular flexibility index (Phi) is 9.20. The van der Waals surface area contributed by atoms with Crippen LogP contribution >= 0.6 is 39.1 Å². The first-order chi connectivity index (χ1) is 13.8. The van der Waals surface area contributed by atoms with Crippen LogP contribution in [0.4, 0.5) is 11.4 Å². The highest BCUT2D eigenvalue weighted by Gasteiger charge is 2.16. The predicted octanol–water partition coefficient (Wildman–Crippen LogP) is 7.27. The van der Waals surface area contributed by atoms with Crippen LogP contribution < -0.4 is 10.1 Å². The van der Waals surface area contributed by atoms with E-state index in [2.05, 4.69) is 28.2 Å². The SMILES string of the molecule is CCCCCCCOc1c(Cl)cc(C(=O)Nc2ccc([N+](=O)[O-])cc2Br)cc1Cl. The van der Waals surface area contributed by atoms with E-state index < -0.39 is 10.8 Å². The zero-order valence-corrected chi connectivity index (χ0v) is 18.9. The molecule has 1 N–H and O–H groups in total. The van der Waals surface area contributed by atoms with Crippen molar-refractivity contribution in [2.75, 3.05) is 11.9 Å². The van der Waals surface area contributed by atoms with E-state index in [0.29, 0.717) is 22.5 Å². The van der Waals surface area contributed by atoms with Crippen LogP contribution in [-0.4, -0.2) is 17.4 Å². The lowest BCUT2D eigenvalue weighted by atomic mass is 10.1. The minimum atomic E-state index is -0.515. The molecule has 0 atom stereocenters. The number of nitro groups is 1. The van der Waals surface area contributed by atoms with Gasteiger partial charge in [-0.2, -0.15) is 0 Å². The highest BCUT2D eigenvalue weighted by atomic mass is 79.9. The number of carbonyl (C=O) groups excluding carboxylic acids is 1. The van der Waals surface area contributed by atoms with Crippen molar-refractivity contribution in [2.24, 2.45) is 0 Å². The van der Waals surface area contributed by atoms with Crippen LogP contribution in [0.2, 0.25) is 10.0 Å². The van der Waals surface area contributed by atoms with Crippen molar-refractivity contribution in [1.29, 1.82) is 0 Å². The molecule has 0 heterocycles. The molecule has 2 aromatic carbocycles. The Balaban J connectivity index is 2.03. The number of halogens is 3. The molecule has 1 amide bonds. The monoisotopic (exact) mass is 502 g/mol. The number of nitrogens with one attached hydrogen (secondary N) is 1. The van der Waals surface area contributed by atoms with Crippen molar-refractivity contribution < 1.29 is 14.5 Å². The molecule has 156 valence electrons. The molecule has 0 bridgehead atoms. The highest BCUT2D eigenvalue weighted by molar-refractivity contribution is 9.10. The first-order valence-electron chi connectivity index (χ1n) is 9.20. The first kappa shape index (κ1) is 23.4. The number of nitrogens with zero attached hydrogens (tertiary/aromatic N) is 1. The molecule has 2 rings (SSSR count). The van der Waals surface area contributed by atoms with Gasteiger partial charge in [-0.3, -0.25) is 14.9 Å². The Morgan fingerprint density at radius 1 is 1.14 bits per heavy atom. The van der Waals surface area contributed by atoms with Gasteiger partial charge in [-0.1, -0.05) is 55.8 Å². The summed E-state index contributed by atoms with van der Waals surface area (Å²) in [6.07, 6.45) is 5.53. The summed E-state index contributed by atoms with van der Waals surface area (Å²) in [5.41, 5.74) is 0.554. The van der Waals surface area contributed by atoms with Crippen molar-refractivity contribution in [2.45, 2.75) is 39.0 Å². The topological polar surface area (TPSA) is 81.5 Å². The van der Waals surface area contributed by atoms with Gasteiger partial charge in [0.25, 0.3) is 11.6 Å². The number of ether oxygens (including phenoxy) is 1. The maximum Gasteiger partial charge on any atom is 0.270 e. The Hall–Kier alpha value is -1.83. The van der Waals surface area contributed by atoms with Crippen molar-refractivity contribution in [3.63, 3.8) is 0 Å². The third-order valence-corrected chi connectivity index (χ3v) is 5.38.